The number of benzene rings is 1. The molecular weight excluding hydrogens is 392 g/mol. The number of guanidine groups is 1. The molecule has 0 bridgehead atoms. The van der Waals surface area contributed by atoms with E-state index in [9.17, 15) is 9.90 Å². The van der Waals surface area contributed by atoms with Gasteiger partial charge in [0.25, 0.3) is 0 Å². The first-order valence-electron chi connectivity index (χ1n) is 11.0. The van der Waals surface area contributed by atoms with Gasteiger partial charge in [0.1, 0.15) is 6.10 Å². The molecule has 0 radical (unpaired) electrons. The maximum atomic E-state index is 13.2. The van der Waals surface area contributed by atoms with Crippen LogP contribution in [0.5, 0.6) is 0 Å². The second kappa shape index (κ2) is 9.47. The molecule has 1 aliphatic heterocycles. The molecular formula is C24H30N4O3. The number of carbonyl (C=O) groups excluding carboxylic acids is 1. The molecule has 0 spiro atoms. The fourth-order valence-corrected chi connectivity index (χ4v) is 4.61. The highest BCUT2D eigenvalue weighted by molar-refractivity contribution is 5.82. The van der Waals surface area contributed by atoms with Gasteiger partial charge in [-0.2, -0.15) is 0 Å². The summed E-state index contributed by atoms with van der Waals surface area (Å²) in [4.78, 5) is 19.3. The largest absolute Gasteiger partial charge is 0.458 e. The molecule has 0 amide bonds. The summed E-state index contributed by atoms with van der Waals surface area (Å²) in [6, 6.07) is 14.8. The normalized spacial score (nSPS) is 20.9. The number of esters is 1. The van der Waals surface area contributed by atoms with Gasteiger partial charge in [0.05, 0.1) is 18.8 Å². The number of hydrogen-bond acceptors (Lipinski definition) is 5. The van der Waals surface area contributed by atoms with Crippen LogP contribution in [-0.2, 0) is 21.7 Å². The van der Waals surface area contributed by atoms with Gasteiger partial charge >= 0.3 is 5.97 Å². The second-order valence-corrected chi connectivity index (χ2v) is 8.40. The SMILES string of the molecule is N=C(NCc1ccccn1)N1CC[C@@H](OC(=O)[C@](O)(c2ccccc2)C2CCCC2)C1. The highest BCUT2D eigenvalue weighted by Crippen LogP contribution is 2.41. The van der Waals surface area contributed by atoms with Crippen LogP contribution in [0, 0.1) is 11.3 Å². The molecule has 3 N–H and O–H groups in total. The highest BCUT2D eigenvalue weighted by Gasteiger charge is 2.48. The van der Waals surface area contributed by atoms with Crippen molar-refractivity contribution in [1.82, 2.24) is 15.2 Å². The van der Waals surface area contributed by atoms with Crippen molar-refractivity contribution in [3.63, 3.8) is 0 Å². The van der Waals surface area contributed by atoms with Crippen molar-refractivity contribution in [3.05, 3.63) is 66.0 Å². The van der Waals surface area contributed by atoms with Crippen molar-refractivity contribution < 1.29 is 14.6 Å². The van der Waals surface area contributed by atoms with Crippen LogP contribution in [0.15, 0.2) is 54.7 Å². The Balaban J connectivity index is 1.37. The van der Waals surface area contributed by atoms with E-state index >= 15 is 0 Å². The van der Waals surface area contributed by atoms with Gasteiger partial charge in [-0.05, 0) is 30.5 Å². The first-order valence-corrected chi connectivity index (χ1v) is 11.0. The van der Waals surface area contributed by atoms with Gasteiger partial charge < -0.3 is 20.1 Å². The number of nitrogens with zero attached hydrogens (tertiary/aromatic N) is 2. The van der Waals surface area contributed by atoms with Crippen molar-refractivity contribution in [2.75, 3.05) is 13.1 Å². The Kier molecular flexibility index (Phi) is 6.51. The molecule has 2 fully saturated rings. The topological polar surface area (TPSA) is 98.5 Å². The van der Waals surface area contributed by atoms with Gasteiger partial charge in [-0.15, -0.1) is 0 Å². The molecule has 2 heterocycles. The average Bonchev–Trinajstić information content (AvgIpc) is 3.51. The van der Waals surface area contributed by atoms with E-state index in [4.69, 9.17) is 10.1 Å². The third kappa shape index (κ3) is 4.71. The number of rotatable bonds is 6. The van der Waals surface area contributed by atoms with Crippen molar-refractivity contribution in [3.8, 4) is 0 Å². The van der Waals surface area contributed by atoms with Crippen molar-refractivity contribution in [2.24, 2.45) is 5.92 Å². The van der Waals surface area contributed by atoms with Crippen LogP contribution in [0.25, 0.3) is 0 Å². The Bertz CT molecular complexity index is 886. The summed E-state index contributed by atoms with van der Waals surface area (Å²) in [5, 5.41) is 22.9. The quantitative estimate of drug-likeness (QED) is 0.376. The van der Waals surface area contributed by atoms with Crippen LogP contribution in [0.2, 0.25) is 0 Å². The number of aliphatic hydroxyl groups is 1. The predicted octanol–water partition coefficient (Wildman–Crippen LogP) is 2.80. The number of nitrogens with one attached hydrogen (secondary N) is 2. The van der Waals surface area contributed by atoms with Gasteiger partial charge in [-0.25, -0.2) is 4.79 Å². The maximum Gasteiger partial charge on any atom is 0.343 e. The van der Waals surface area contributed by atoms with Crippen LogP contribution in [0.4, 0.5) is 0 Å². The minimum absolute atomic E-state index is 0.127. The molecule has 7 nitrogen and oxygen atoms in total. The predicted molar refractivity (Wildman–Crippen MR) is 117 cm³/mol. The molecule has 4 rings (SSSR count). The Morgan fingerprint density at radius 3 is 2.61 bits per heavy atom. The Morgan fingerprint density at radius 2 is 1.90 bits per heavy atom. The van der Waals surface area contributed by atoms with Gasteiger partial charge in [0.2, 0.25) is 0 Å². The zero-order valence-corrected chi connectivity index (χ0v) is 17.7. The number of hydrogen-bond donors (Lipinski definition) is 3. The summed E-state index contributed by atoms with van der Waals surface area (Å²) < 4.78 is 5.82. The summed E-state index contributed by atoms with van der Waals surface area (Å²) in [5.41, 5.74) is -0.152. The number of ether oxygens (including phenoxy) is 1. The summed E-state index contributed by atoms with van der Waals surface area (Å²) in [7, 11) is 0. The summed E-state index contributed by atoms with van der Waals surface area (Å²) in [6.07, 6.45) is 5.69. The van der Waals surface area contributed by atoms with E-state index in [0.717, 1.165) is 31.4 Å². The fourth-order valence-electron chi connectivity index (χ4n) is 4.61. The van der Waals surface area contributed by atoms with Crippen LogP contribution >= 0.6 is 0 Å². The number of aromatic nitrogens is 1. The molecule has 7 heteroatoms. The third-order valence-electron chi connectivity index (χ3n) is 6.37. The molecule has 2 aliphatic rings. The van der Waals surface area contributed by atoms with Crippen molar-refractivity contribution >= 4 is 11.9 Å². The molecule has 1 saturated heterocycles. The van der Waals surface area contributed by atoms with Crippen LogP contribution in [0.3, 0.4) is 0 Å². The van der Waals surface area contributed by atoms with Gasteiger partial charge in [0.15, 0.2) is 11.6 Å². The highest BCUT2D eigenvalue weighted by atomic mass is 16.6. The van der Waals surface area contributed by atoms with Gasteiger partial charge in [-0.3, -0.25) is 10.4 Å². The van der Waals surface area contributed by atoms with E-state index in [2.05, 4.69) is 10.3 Å². The number of likely N-dealkylation sites (tertiary alicyclic amines) is 1. The maximum absolute atomic E-state index is 13.2. The monoisotopic (exact) mass is 422 g/mol. The summed E-state index contributed by atoms with van der Waals surface area (Å²) >= 11 is 0. The Morgan fingerprint density at radius 1 is 1.16 bits per heavy atom. The zero-order valence-electron chi connectivity index (χ0n) is 17.7. The first kappa shape index (κ1) is 21.3. The first-order chi connectivity index (χ1) is 15.1. The molecule has 164 valence electrons. The lowest BCUT2D eigenvalue weighted by molar-refractivity contribution is -0.178. The molecule has 1 saturated carbocycles. The fraction of sp³-hybridized carbons (Fsp3) is 0.458. The van der Waals surface area contributed by atoms with E-state index in [-0.39, 0.29) is 12.0 Å². The van der Waals surface area contributed by atoms with Crippen LogP contribution < -0.4 is 5.32 Å². The molecule has 2 aromatic rings. The average molecular weight is 423 g/mol. The van der Waals surface area contributed by atoms with E-state index in [1.165, 1.54) is 0 Å². The van der Waals surface area contributed by atoms with Crippen molar-refractivity contribution in [1.29, 1.82) is 5.41 Å². The molecule has 1 aromatic heterocycles. The molecule has 1 aliphatic carbocycles. The Labute approximate surface area is 183 Å². The Hall–Kier alpha value is -2.93. The zero-order chi connectivity index (χ0) is 21.7. The van der Waals surface area contributed by atoms with Gasteiger partial charge in [0, 0.05) is 25.1 Å². The number of carbonyl (C=O) groups is 1. The van der Waals surface area contributed by atoms with E-state index in [0.29, 0.717) is 37.6 Å². The van der Waals surface area contributed by atoms with E-state index < -0.39 is 11.6 Å². The second-order valence-electron chi connectivity index (χ2n) is 8.40. The molecule has 0 unspecified atom stereocenters. The van der Waals surface area contributed by atoms with Crippen LogP contribution in [-0.4, -0.2) is 46.1 Å². The molecule has 1 aromatic carbocycles. The standard InChI is InChI=1S/C24H30N4O3/c25-23(27-16-20-12-6-7-14-26-20)28-15-13-21(17-28)31-22(29)24(30,19-10-4-5-11-19)18-8-2-1-3-9-18/h1-3,6-9,12,14,19,21,30H,4-5,10-11,13,15-17H2,(H2,25,27)/t21-,24+/m1/s1. The van der Waals surface area contributed by atoms with Crippen molar-refractivity contribution in [2.45, 2.75) is 50.4 Å². The minimum Gasteiger partial charge on any atom is -0.458 e. The minimum atomic E-state index is -1.62. The van der Waals surface area contributed by atoms with E-state index in [1.807, 2.05) is 41.3 Å². The lowest BCUT2D eigenvalue weighted by Crippen LogP contribution is -2.45. The summed E-state index contributed by atoms with van der Waals surface area (Å²) in [6.45, 7) is 1.53. The summed E-state index contributed by atoms with van der Waals surface area (Å²) in [5.74, 6) is -0.401. The molecule has 2 atom stereocenters. The van der Waals surface area contributed by atoms with E-state index in [1.54, 1.807) is 18.3 Å². The van der Waals surface area contributed by atoms with Crippen LogP contribution in [0.1, 0.15) is 43.4 Å². The lowest BCUT2D eigenvalue weighted by atomic mass is 9.80. The van der Waals surface area contributed by atoms with Gasteiger partial charge in [-0.1, -0.05) is 49.2 Å². The smallest absolute Gasteiger partial charge is 0.343 e. The number of pyridine rings is 1. The lowest BCUT2D eigenvalue weighted by Gasteiger charge is -2.33. The third-order valence-corrected chi connectivity index (χ3v) is 6.37. The molecule has 31 heavy (non-hydrogen) atoms.